The molecule has 2 aromatic rings. The van der Waals surface area contributed by atoms with Crippen molar-refractivity contribution >= 4 is 21.4 Å². The molecule has 1 aliphatic rings. The molecule has 1 atom stereocenters. The summed E-state index contributed by atoms with van der Waals surface area (Å²) in [6.07, 6.45) is 8.16. The summed E-state index contributed by atoms with van der Waals surface area (Å²) in [5.41, 5.74) is 6.51. The molecule has 0 radical (unpaired) electrons. The molecule has 1 fully saturated rings. The van der Waals surface area contributed by atoms with Crippen molar-refractivity contribution in [3.05, 3.63) is 35.2 Å². The fourth-order valence-electron chi connectivity index (χ4n) is 3.07. The van der Waals surface area contributed by atoms with Gasteiger partial charge in [0.25, 0.3) is 0 Å². The van der Waals surface area contributed by atoms with Crippen LogP contribution in [0, 0.1) is 5.92 Å². The molecule has 1 saturated carbocycles. The van der Waals surface area contributed by atoms with Crippen molar-refractivity contribution in [2.75, 3.05) is 0 Å². The van der Waals surface area contributed by atoms with Gasteiger partial charge in [-0.1, -0.05) is 43.9 Å². The van der Waals surface area contributed by atoms with Gasteiger partial charge in [-0.2, -0.15) is 0 Å². The van der Waals surface area contributed by atoms with Crippen molar-refractivity contribution < 1.29 is 0 Å². The molecule has 1 unspecified atom stereocenters. The molecule has 1 aromatic carbocycles. The standard InChI is InChI=1S/C16H21NS/c17-16(12-7-3-1-2-4-8-12)15-11-13-9-5-6-10-14(13)18-15/h5-6,9-12,16H,1-4,7-8,17H2. The highest BCUT2D eigenvalue weighted by Crippen LogP contribution is 2.37. The van der Waals surface area contributed by atoms with E-state index in [9.17, 15) is 0 Å². The summed E-state index contributed by atoms with van der Waals surface area (Å²) in [6.45, 7) is 0. The zero-order valence-electron chi connectivity index (χ0n) is 10.8. The van der Waals surface area contributed by atoms with Gasteiger partial charge in [0.2, 0.25) is 0 Å². The second-order valence-electron chi connectivity index (χ2n) is 5.46. The van der Waals surface area contributed by atoms with Gasteiger partial charge in [0.15, 0.2) is 0 Å². The van der Waals surface area contributed by atoms with E-state index in [0.717, 1.165) is 0 Å². The number of benzene rings is 1. The second-order valence-corrected chi connectivity index (χ2v) is 6.58. The van der Waals surface area contributed by atoms with Gasteiger partial charge in [-0.3, -0.25) is 0 Å². The maximum absolute atomic E-state index is 6.51. The Labute approximate surface area is 113 Å². The van der Waals surface area contributed by atoms with Gasteiger partial charge in [0.1, 0.15) is 0 Å². The lowest BCUT2D eigenvalue weighted by Gasteiger charge is -2.21. The predicted octanol–water partition coefficient (Wildman–Crippen LogP) is 4.87. The minimum absolute atomic E-state index is 0.250. The lowest BCUT2D eigenvalue weighted by Crippen LogP contribution is -2.19. The Hall–Kier alpha value is -0.860. The molecule has 0 spiro atoms. The lowest BCUT2D eigenvalue weighted by atomic mass is 9.91. The zero-order chi connectivity index (χ0) is 12.4. The highest BCUT2D eigenvalue weighted by atomic mass is 32.1. The van der Waals surface area contributed by atoms with Gasteiger partial charge < -0.3 is 5.73 Å². The van der Waals surface area contributed by atoms with Crippen LogP contribution in [0.2, 0.25) is 0 Å². The van der Waals surface area contributed by atoms with E-state index in [-0.39, 0.29) is 6.04 Å². The van der Waals surface area contributed by atoms with Gasteiger partial charge in [-0.25, -0.2) is 0 Å². The zero-order valence-corrected chi connectivity index (χ0v) is 11.6. The maximum Gasteiger partial charge on any atom is 0.0418 e. The first kappa shape index (κ1) is 12.2. The van der Waals surface area contributed by atoms with Gasteiger partial charge in [-0.15, -0.1) is 11.3 Å². The lowest BCUT2D eigenvalue weighted by molar-refractivity contribution is 0.386. The average Bonchev–Trinajstić information content (AvgIpc) is 2.64. The van der Waals surface area contributed by atoms with E-state index in [4.69, 9.17) is 5.73 Å². The van der Waals surface area contributed by atoms with Crippen molar-refractivity contribution in [3.63, 3.8) is 0 Å². The molecule has 2 N–H and O–H groups in total. The van der Waals surface area contributed by atoms with Gasteiger partial charge in [0, 0.05) is 15.6 Å². The topological polar surface area (TPSA) is 26.0 Å². The molecule has 3 rings (SSSR count). The quantitative estimate of drug-likeness (QED) is 0.765. The summed E-state index contributed by atoms with van der Waals surface area (Å²) in [5.74, 6) is 0.695. The van der Waals surface area contributed by atoms with Crippen LogP contribution in [-0.2, 0) is 0 Å². The third-order valence-corrected chi connectivity index (χ3v) is 5.40. The highest BCUT2D eigenvalue weighted by molar-refractivity contribution is 7.19. The van der Waals surface area contributed by atoms with Crippen molar-refractivity contribution in [1.82, 2.24) is 0 Å². The Morgan fingerprint density at radius 1 is 1.06 bits per heavy atom. The van der Waals surface area contributed by atoms with Crippen LogP contribution in [0.25, 0.3) is 10.1 Å². The summed E-state index contributed by atoms with van der Waals surface area (Å²) < 4.78 is 1.37. The minimum Gasteiger partial charge on any atom is -0.323 e. The van der Waals surface area contributed by atoms with Crippen LogP contribution in [0.3, 0.4) is 0 Å². The molecule has 18 heavy (non-hydrogen) atoms. The third-order valence-electron chi connectivity index (χ3n) is 4.18. The Morgan fingerprint density at radius 3 is 2.50 bits per heavy atom. The fourth-order valence-corrected chi connectivity index (χ4v) is 4.23. The number of fused-ring (bicyclic) bond motifs is 1. The Morgan fingerprint density at radius 2 is 1.78 bits per heavy atom. The normalized spacial score (nSPS) is 19.8. The summed E-state index contributed by atoms with van der Waals surface area (Å²) >= 11 is 1.88. The van der Waals surface area contributed by atoms with Crippen molar-refractivity contribution in [2.24, 2.45) is 11.7 Å². The van der Waals surface area contributed by atoms with E-state index >= 15 is 0 Å². The second kappa shape index (κ2) is 5.41. The molecule has 1 nitrogen and oxygen atoms in total. The van der Waals surface area contributed by atoms with Crippen LogP contribution in [0.1, 0.15) is 49.4 Å². The van der Waals surface area contributed by atoms with Crippen LogP contribution in [0.15, 0.2) is 30.3 Å². The molecule has 0 saturated heterocycles. The minimum atomic E-state index is 0.250. The Bertz CT molecular complexity index is 476. The van der Waals surface area contributed by atoms with Gasteiger partial charge in [-0.05, 0) is 36.3 Å². The van der Waals surface area contributed by atoms with E-state index in [1.165, 1.54) is 53.5 Å². The van der Waals surface area contributed by atoms with Crippen LogP contribution >= 0.6 is 11.3 Å². The monoisotopic (exact) mass is 259 g/mol. The van der Waals surface area contributed by atoms with Crippen molar-refractivity contribution in [3.8, 4) is 0 Å². The first-order valence-electron chi connectivity index (χ1n) is 7.08. The van der Waals surface area contributed by atoms with E-state index in [2.05, 4.69) is 30.3 Å². The van der Waals surface area contributed by atoms with E-state index in [0.29, 0.717) is 5.92 Å². The first-order chi connectivity index (χ1) is 8.84. The molecular formula is C16H21NS. The molecule has 0 amide bonds. The molecule has 96 valence electrons. The average molecular weight is 259 g/mol. The Kier molecular flexibility index (Phi) is 3.67. The van der Waals surface area contributed by atoms with Gasteiger partial charge >= 0.3 is 0 Å². The summed E-state index contributed by atoms with van der Waals surface area (Å²) in [5, 5.41) is 1.35. The third kappa shape index (κ3) is 2.45. The number of thiophene rings is 1. The number of hydrogen-bond donors (Lipinski definition) is 1. The smallest absolute Gasteiger partial charge is 0.0418 e. The largest absolute Gasteiger partial charge is 0.323 e. The Balaban J connectivity index is 1.83. The van der Waals surface area contributed by atoms with Gasteiger partial charge in [0.05, 0.1) is 0 Å². The van der Waals surface area contributed by atoms with E-state index in [1.54, 1.807) is 0 Å². The molecule has 0 bridgehead atoms. The van der Waals surface area contributed by atoms with Crippen molar-refractivity contribution in [1.29, 1.82) is 0 Å². The molecule has 0 aliphatic heterocycles. The molecule has 2 heteroatoms. The van der Waals surface area contributed by atoms with Crippen LogP contribution < -0.4 is 5.73 Å². The van der Waals surface area contributed by atoms with E-state index < -0.39 is 0 Å². The van der Waals surface area contributed by atoms with Crippen LogP contribution in [0.5, 0.6) is 0 Å². The SMILES string of the molecule is NC(c1cc2ccccc2s1)C1CCCCCC1. The highest BCUT2D eigenvalue weighted by Gasteiger charge is 2.22. The number of rotatable bonds is 2. The molecular weight excluding hydrogens is 238 g/mol. The van der Waals surface area contributed by atoms with E-state index in [1.807, 2.05) is 11.3 Å². The first-order valence-corrected chi connectivity index (χ1v) is 7.90. The molecule has 1 heterocycles. The predicted molar refractivity (Wildman–Crippen MR) is 79.9 cm³/mol. The van der Waals surface area contributed by atoms with Crippen LogP contribution in [-0.4, -0.2) is 0 Å². The summed E-state index contributed by atoms with van der Waals surface area (Å²) in [4.78, 5) is 1.38. The number of hydrogen-bond acceptors (Lipinski definition) is 2. The number of nitrogens with two attached hydrogens (primary N) is 1. The molecule has 1 aromatic heterocycles. The fraction of sp³-hybridized carbons (Fsp3) is 0.500. The summed E-state index contributed by atoms with van der Waals surface area (Å²) in [6, 6.07) is 11.2. The van der Waals surface area contributed by atoms with Crippen LogP contribution in [0.4, 0.5) is 0 Å². The maximum atomic E-state index is 6.51. The summed E-state index contributed by atoms with van der Waals surface area (Å²) in [7, 11) is 0. The molecule has 1 aliphatic carbocycles. The van der Waals surface area contributed by atoms with Crippen molar-refractivity contribution in [2.45, 2.75) is 44.6 Å².